The van der Waals surface area contributed by atoms with Crippen LogP contribution >= 0.6 is 0 Å². The van der Waals surface area contributed by atoms with E-state index >= 15 is 0 Å². The maximum Gasteiger partial charge on any atom is 0.334 e. The number of carbonyl (C=O) groups excluding carboxylic acids is 1. The molecule has 19 heavy (non-hydrogen) atoms. The topological polar surface area (TPSA) is 56.8 Å². The van der Waals surface area contributed by atoms with Crippen molar-refractivity contribution >= 4 is 14.5 Å². The van der Waals surface area contributed by atoms with Crippen LogP contribution in [0, 0.1) is 0 Å². The molecular weight excluding hydrogens is 262 g/mol. The zero-order valence-electron chi connectivity index (χ0n) is 12.8. The Balaban J connectivity index is 3.34. The van der Waals surface area contributed by atoms with Gasteiger partial charge >= 0.3 is 14.5 Å². The Kier molecular flexibility index (Phi) is 11.1. The van der Waals surface area contributed by atoms with Crippen LogP contribution in [0.3, 0.4) is 0 Å². The molecule has 5 nitrogen and oxygen atoms in total. The van der Waals surface area contributed by atoms with Gasteiger partial charge in [-0.2, -0.15) is 0 Å². The van der Waals surface area contributed by atoms with Crippen LogP contribution in [-0.2, 0) is 18.4 Å². The van der Waals surface area contributed by atoms with Gasteiger partial charge in [-0.1, -0.05) is 6.42 Å². The van der Waals surface area contributed by atoms with Crippen LogP contribution in [0.4, 0.5) is 0 Å². The maximum absolute atomic E-state index is 11.1. The van der Waals surface area contributed by atoms with E-state index in [-0.39, 0.29) is 5.97 Å². The highest BCUT2D eigenvalue weighted by molar-refractivity contribution is 6.65. The van der Waals surface area contributed by atoms with Crippen molar-refractivity contribution in [2.75, 3.05) is 33.9 Å². The first-order valence-corrected chi connectivity index (χ1v) is 9.57. The molecule has 0 saturated carbocycles. The van der Waals surface area contributed by atoms with Crippen molar-refractivity contribution in [3.63, 3.8) is 0 Å². The third kappa shape index (κ3) is 10.1. The molecule has 0 heterocycles. The highest BCUT2D eigenvalue weighted by Crippen LogP contribution is 2.14. The van der Waals surface area contributed by atoms with Crippen LogP contribution in [0.15, 0.2) is 0 Å². The Bertz CT molecular complexity index is 235. The molecule has 114 valence electrons. The van der Waals surface area contributed by atoms with Gasteiger partial charge in [0, 0.05) is 20.6 Å². The van der Waals surface area contributed by atoms with Gasteiger partial charge in [0.05, 0.1) is 6.61 Å². The number of hydrogen-bond acceptors (Lipinski definition) is 5. The molecule has 0 aromatic heterocycles. The largest absolute Gasteiger partial charge is 0.466 e. The molecule has 0 aliphatic rings. The van der Waals surface area contributed by atoms with Crippen molar-refractivity contribution < 1.29 is 18.4 Å². The lowest BCUT2D eigenvalue weighted by atomic mass is 10.3. The van der Waals surface area contributed by atoms with E-state index in [9.17, 15) is 4.79 Å². The van der Waals surface area contributed by atoms with E-state index in [1.807, 2.05) is 6.92 Å². The van der Waals surface area contributed by atoms with E-state index in [1.165, 1.54) is 0 Å². The molecule has 0 amide bonds. The van der Waals surface area contributed by atoms with Gasteiger partial charge in [0.2, 0.25) is 0 Å². The smallest absolute Gasteiger partial charge is 0.334 e. The van der Waals surface area contributed by atoms with Gasteiger partial charge in [-0.15, -0.1) is 0 Å². The minimum absolute atomic E-state index is 0.105. The summed E-state index contributed by atoms with van der Waals surface area (Å²) in [5, 5.41) is 3.33. The Morgan fingerprint density at radius 2 is 1.74 bits per heavy atom. The third-order valence-corrected chi connectivity index (χ3v) is 6.13. The predicted octanol–water partition coefficient (Wildman–Crippen LogP) is 2.06. The molecule has 0 unspecified atom stereocenters. The zero-order valence-corrected chi connectivity index (χ0v) is 13.8. The Morgan fingerprint density at radius 3 is 2.32 bits per heavy atom. The second-order valence-electron chi connectivity index (χ2n) is 4.66. The van der Waals surface area contributed by atoms with Crippen LogP contribution in [0.2, 0.25) is 12.6 Å². The number of esters is 1. The van der Waals surface area contributed by atoms with Crippen molar-refractivity contribution in [2.24, 2.45) is 0 Å². The minimum atomic E-state index is -1.89. The average Bonchev–Trinajstić information content (AvgIpc) is 2.41. The van der Waals surface area contributed by atoms with E-state index in [4.69, 9.17) is 13.6 Å². The molecule has 0 aliphatic carbocycles. The summed E-state index contributed by atoms with van der Waals surface area (Å²) in [6, 6.07) is 1.02. The molecule has 0 aromatic carbocycles. The van der Waals surface area contributed by atoms with Crippen LogP contribution in [0.25, 0.3) is 0 Å². The first-order chi connectivity index (χ1) is 9.08. The summed E-state index contributed by atoms with van der Waals surface area (Å²) in [5.41, 5.74) is 0. The van der Waals surface area contributed by atoms with Crippen molar-refractivity contribution in [3.05, 3.63) is 0 Å². The van der Waals surface area contributed by atoms with Crippen molar-refractivity contribution in [1.82, 2.24) is 5.32 Å². The van der Waals surface area contributed by atoms with Gasteiger partial charge in [-0.25, -0.2) is 0 Å². The summed E-state index contributed by atoms with van der Waals surface area (Å²) >= 11 is 0. The molecule has 0 radical (unpaired) electrons. The van der Waals surface area contributed by atoms with E-state index in [2.05, 4.69) is 11.9 Å². The van der Waals surface area contributed by atoms with Gasteiger partial charge in [0.15, 0.2) is 0 Å². The van der Waals surface area contributed by atoms with Gasteiger partial charge in [-0.3, -0.25) is 4.79 Å². The van der Waals surface area contributed by atoms with Gasteiger partial charge in [0.25, 0.3) is 0 Å². The van der Waals surface area contributed by atoms with Crippen molar-refractivity contribution in [3.8, 4) is 0 Å². The highest BCUT2D eigenvalue weighted by Gasteiger charge is 2.27. The van der Waals surface area contributed by atoms with Crippen LogP contribution in [-0.4, -0.2) is 48.4 Å². The molecule has 0 aliphatic heterocycles. The number of nitrogens with one attached hydrogen (secondary N) is 1. The lowest BCUT2D eigenvalue weighted by Crippen LogP contribution is -2.35. The van der Waals surface area contributed by atoms with Crippen molar-refractivity contribution in [1.29, 1.82) is 0 Å². The maximum atomic E-state index is 11.1. The fraction of sp³-hybridized carbons (Fsp3) is 0.923. The molecule has 0 fully saturated rings. The first-order valence-electron chi connectivity index (χ1n) is 7.04. The molecule has 0 spiro atoms. The second kappa shape index (κ2) is 11.4. The molecule has 0 rings (SSSR count). The number of unbranched alkanes of at least 4 members (excludes halogenated alkanes) is 1. The summed E-state index contributed by atoms with van der Waals surface area (Å²) in [7, 11) is 1.57. The predicted molar refractivity (Wildman–Crippen MR) is 78.4 cm³/mol. The number of carbonyl (C=O) groups is 1. The summed E-state index contributed by atoms with van der Waals surface area (Å²) in [6.07, 6.45) is 3.55. The lowest BCUT2D eigenvalue weighted by Gasteiger charge is -2.22. The Hall–Kier alpha value is -0.433. The van der Waals surface area contributed by atoms with Crippen LogP contribution < -0.4 is 5.32 Å². The summed E-state index contributed by atoms with van der Waals surface area (Å²) in [4.78, 5) is 11.1. The summed E-state index contributed by atoms with van der Waals surface area (Å²) in [5.74, 6) is -0.105. The molecule has 1 N–H and O–H groups in total. The summed E-state index contributed by atoms with van der Waals surface area (Å²) < 4.78 is 15.7. The summed E-state index contributed by atoms with van der Waals surface area (Å²) in [6.45, 7) is 6.21. The van der Waals surface area contributed by atoms with Crippen LogP contribution in [0.1, 0.15) is 32.6 Å². The number of rotatable bonds is 12. The van der Waals surface area contributed by atoms with E-state index in [0.29, 0.717) is 13.0 Å². The van der Waals surface area contributed by atoms with Crippen molar-refractivity contribution in [2.45, 2.75) is 45.2 Å². The van der Waals surface area contributed by atoms with Gasteiger partial charge < -0.3 is 18.9 Å². The fourth-order valence-electron chi connectivity index (χ4n) is 1.70. The number of hydrogen-bond donors (Lipinski definition) is 1. The van der Waals surface area contributed by atoms with E-state index < -0.39 is 8.56 Å². The Labute approximate surface area is 118 Å². The number of ether oxygens (including phenoxy) is 1. The third-order valence-electron chi connectivity index (χ3n) is 3.14. The first kappa shape index (κ1) is 18.6. The minimum Gasteiger partial charge on any atom is -0.466 e. The monoisotopic (exact) mass is 291 g/mol. The Morgan fingerprint density at radius 1 is 1.11 bits per heavy atom. The zero-order chi connectivity index (χ0) is 14.6. The van der Waals surface area contributed by atoms with E-state index in [0.717, 1.165) is 38.4 Å². The van der Waals surface area contributed by atoms with Crippen LogP contribution in [0.5, 0.6) is 0 Å². The molecule has 0 aromatic rings. The van der Waals surface area contributed by atoms with E-state index in [1.54, 1.807) is 14.2 Å². The fourth-order valence-corrected chi connectivity index (χ4v) is 3.17. The SMILES string of the molecule is CCOC(=O)CCCNCCCC[Si](C)(OC)OC. The molecular formula is C13H29NO4Si. The quantitative estimate of drug-likeness (QED) is 0.339. The molecule has 0 atom stereocenters. The standard InChI is InChI=1S/C13H29NO4Si/c1-5-18-13(15)9-8-11-14-10-6-7-12-19(4,16-2)17-3/h14H,5-12H2,1-4H3. The lowest BCUT2D eigenvalue weighted by molar-refractivity contribution is -0.143. The molecule has 6 heteroatoms. The van der Waals surface area contributed by atoms with Gasteiger partial charge in [0.1, 0.15) is 0 Å². The second-order valence-corrected chi connectivity index (χ2v) is 8.24. The normalized spacial score (nSPS) is 11.6. The van der Waals surface area contributed by atoms with Gasteiger partial charge in [-0.05, 0) is 45.4 Å². The highest BCUT2D eigenvalue weighted by atomic mass is 28.4. The average molecular weight is 291 g/mol. The molecule has 0 bridgehead atoms. The molecule has 0 saturated heterocycles.